The summed E-state index contributed by atoms with van der Waals surface area (Å²) < 4.78 is 19.8. The summed E-state index contributed by atoms with van der Waals surface area (Å²) in [6.07, 6.45) is 0.0797. The average molecular weight is 472 g/mol. The van der Waals surface area contributed by atoms with Gasteiger partial charge in [0, 0.05) is 25.8 Å². The summed E-state index contributed by atoms with van der Waals surface area (Å²) in [6, 6.07) is 10.8. The quantitative estimate of drug-likeness (QED) is 0.516. The Morgan fingerprint density at radius 2 is 1.88 bits per heavy atom. The van der Waals surface area contributed by atoms with Gasteiger partial charge >= 0.3 is 0 Å². The van der Waals surface area contributed by atoms with Gasteiger partial charge in [0.2, 0.25) is 11.8 Å². The third-order valence-corrected chi connectivity index (χ3v) is 7.59. The van der Waals surface area contributed by atoms with Crippen molar-refractivity contribution in [3.05, 3.63) is 59.4 Å². The SMILES string of the molecule is COCc1ccc(C(NC(=O)C2CNC(=O)C2)C(=O)Nc2ccc([Si](C)(C)C)c(F)c2)cc1. The minimum atomic E-state index is -1.86. The van der Waals surface area contributed by atoms with E-state index in [2.05, 4.69) is 16.0 Å². The molecule has 1 aliphatic rings. The lowest BCUT2D eigenvalue weighted by molar-refractivity contribution is -0.129. The van der Waals surface area contributed by atoms with Crippen LogP contribution in [0.15, 0.2) is 42.5 Å². The highest BCUT2D eigenvalue weighted by atomic mass is 28.3. The molecule has 0 spiro atoms. The molecule has 1 aliphatic heterocycles. The van der Waals surface area contributed by atoms with Gasteiger partial charge in [-0.1, -0.05) is 50.0 Å². The molecule has 176 valence electrons. The molecule has 3 N–H and O–H groups in total. The van der Waals surface area contributed by atoms with E-state index in [4.69, 9.17) is 4.74 Å². The van der Waals surface area contributed by atoms with Crippen molar-refractivity contribution in [1.29, 1.82) is 0 Å². The van der Waals surface area contributed by atoms with Crippen LogP contribution in [0.5, 0.6) is 0 Å². The lowest BCUT2D eigenvalue weighted by Crippen LogP contribution is -2.41. The zero-order chi connectivity index (χ0) is 24.2. The number of benzene rings is 2. The van der Waals surface area contributed by atoms with Gasteiger partial charge in [0.1, 0.15) is 11.9 Å². The predicted molar refractivity (Wildman–Crippen MR) is 127 cm³/mol. The number of nitrogens with one attached hydrogen (secondary N) is 3. The molecule has 2 aromatic carbocycles. The number of hydrogen-bond acceptors (Lipinski definition) is 4. The molecular weight excluding hydrogens is 441 g/mol. The van der Waals surface area contributed by atoms with Gasteiger partial charge in [-0.15, -0.1) is 0 Å². The monoisotopic (exact) mass is 471 g/mol. The number of methoxy groups -OCH3 is 1. The summed E-state index contributed by atoms with van der Waals surface area (Å²) >= 11 is 0. The van der Waals surface area contributed by atoms with E-state index in [-0.39, 0.29) is 24.7 Å². The normalized spacial score (nSPS) is 16.8. The zero-order valence-corrected chi connectivity index (χ0v) is 20.3. The number of halogens is 1. The number of hydrogen-bond donors (Lipinski definition) is 3. The fourth-order valence-electron chi connectivity index (χ4n) is 3.74. The van der Waals surface area contributed by atoms with Crippen LogP contribution < -0.4 is 21.1 Å². The zero-order valence-electron chi connectivity index (χ0n) is 19.3. The van der Waals surface area contributed by atoms with Crippen LogP contribution in [0.25, 0.3) is 0 Å². The van der Waals surface area contributed by atoms with Gasteiger partial charge in [0.15, 0.2) is 0 Å². The van der Waals surface area contributed by atoms with Crippen LogP contribution in [0, 0.1) is 11.7 Å². The van der Waals surface area contributed by atoms with Crippen molar-refractivity contribution in [2.45, 2.75) is 38.7 Å². The van der Waals surface area contributed by atoms with Crippen LogP contribution >= 0.6 is 0 Å². The molecule has 1 saturated heterocycles. The molecule has 9 heteroatoms. The van der Waals surface area contributed by atoms with Crippen LogP contribution in [0.1, 0.15) is 23.6 Å². The number of anilines is 1. The van der Waals surface area contributed by atoms with E-state index < -0.39 is 31.8 Å². The van der Waals surface area contributed by atoms with Gasteiger partial charge in [0.05, 0.1) is 20.6 Å². The third-order valence-electron chi connectivity index (χ3n) is 5.57. The number of amides is 3. The minimum Gasteiger partial charge on any atom is -0.380 e. The molecule has 2 atom stereocenters. The first-order valence-corrected chi connectivity index (χ1v) is 14.3. The second-order valence-corrected chi connectivity index (χ2v) is 14.3. The summed E-state index contributed by atoms with van der Waals surface area (Å²) in [4.78, 5) is 37.4. The highest BCUT2D eigenvalue weighted by Gasteiger charge is 2.32. The number of ether oxygens (including phenoxy) is 1. The van der Waals surface area contributed by atoms with Crippen molar-refractivity contribution in [2.24, 2.45) is 5.92 Å². The molecular formula is C24H30FN3O4Si. The van der Waals surface area contributed by atoms with E-state index in [0.717, 1.165) is 5.56 Å². The number of carbonyl (C=O) groups excluding carboxylic acids is 3. The highest BCUT2D eigenvalue weighted by molar-refractivity contribution is 6.88. The molecule has 3 amide bonds. The van der Waals surface area contributed by atoms with Gasteiger partial charge in [-0.3, -0.25) is 14.4 Å². The second-order valence-electron chi connectivity index (χ2n) is 9.26. The van der Waals surface area contributed by atoms with Gasteiger partial charge in [-0.05, 0) is 28.4 Å². The van der Waals surface area contributed by atoms with E-state index in [9.17, 15) is 18.8 Å². The number of carbonyl (C=O) groups is 3. The largest absolute Gasteiger partial charge is 0.380 e. The Kier molecular flexibility index (Phi) is 7.65. The Morgan fingerprint density at radius 1 is 1.18 bits per heavy atom. The van der Waals surface area contributed by atoms with Crippen molar-refractivity contribution in [1.82, 2.24) is 10.6 Å². The summed E-state index contributed by atoms with van der Waals surface area (Å²) in [5, 5.41) is 8.78. The standard InChI is InChI=1S/C24H30FN3O4Si/c1-32-14-15-5-7-16(8-6-15)22(28-23(30)17-11-21(29)26-13-17)24(31)27-18-9-10-20(19(25)12-18)33(2,3)4/h5-10,12,17,22H,11,13-14H2,1-4H3,(H,26,29)(H,27,31)(H,28,30). The molecule has 0 radical (unpaired) electrons. The van der Waals surface area contributed by atoms with Crippen molar-refractivity contribution >= 4 is 36.7 Å². The average Bonchev–Trinajstić information content (AvgIpc) is 3.18. The highest BCUT2D eigenvalue weighted by Crippen LogP contribution is 2.20. The van der Waals surface area contributed by atoms with E-state index >= 15 is 0 Å². The summed E-state index contributed by atoms with van der Waals surface area (Å²) in [6.45, 7) is 6.79. The molecule has 2 unspecified atom stereocenters. The fraction of sp³-hybridized carbons (Fsp3) is 0.375. The van der Waals surface area contributed by atoms with Crippen molar-refractivity contribution < 1.29 is 23.5 Å². The van der Waals surface area contributed by atoms with Gasteiger partial charge < -0.3 is 20.7 Å². The Bertz CT molecular complexity index is 1040. The molecule has 3 rings (SSSR count). The van der Waals surface area contributed by atoms with Crippen molar-refractivity contribution in [3.63, 3.8) is 0 Å². The molecule has 0 saturated carbocycles. The lowest BCUT2D eigenvalue weighted by Gasteiger charge is -2.22. The van der Waals surface area contributed by atoms with Gasteiger partial charge in [0.25, 0.3) is 5.91 Å². The molecule has 0 aliphatic carbocycles. The Morgan fingerprint density at radius 3 is 2.42 bits per heavy atom. The molecule has 1 fully saturated rings. The molecule has 0 bridgehead atoms. The number of rotatable bonds is 8. The Labute approximate surface area is 194 Å². The van der Waals surface area contributed by atoms with Crippen LogP contribution in [0.2, 0.25) is 19.6 Å². The smallest absolute Gasteiger partial charge is 0.251 e. The molecule has 1 heterocycles. The van der Waals surface area contributed by atoms with E-state index in [1.54, 1.807) is 31.4 Å². The van der Waals surface area contributed by atoms with Gasteiger partial charge in [-0.25, -0.2) is 4.39 Å². The van der Waals surface area contributed by atoms with Crippen LogP contribution in [-0.4, -0.2) is 39.4 Å². The first kappa shape index (κ1) is 24.6. The second kappa shape index (κ2) is 10.3. The topological polar surface area (TPSA) is 96.5 Å². The molecule has 33 heavy (non-hydrogen) atoms. The first-order chi connectivity index (χ1) is 15.6. The van der Waals surface area contributed by atoms with Crippen LogP contribution in [-0.2, 0) is 25.7 Å². The maximum absolute atomic E-state index is 14.7. The first-order valence-electron chi connectivity index (χ1n) is 10.8. The van der Waals surface area contributed by atoms with E-state index in [1.807, 2.05) is 31.8 Å². The Hall–Kier alpha value is -3.04. The molecule has 0 aromatic heterocycles. The maximum Gasteiger partial charge on any atom is 0.251 e. The Balaban J connectivity index is 1.83. The summed E-state index contributed by atoms with van der Waals surface area (Å²) in [7, 11) is -0.267. The molecule has 2 aromatic rings. The predicted octanol–water partition coefficient (Wildman–Crippen LogP) is 2.45. The van der Waals surface area contributed by atoms with E-state index in [1.165, 1.54) is 6.07 Å². The van der Waals surface area contributed by atoms with Crippen LogP contribution in [0.4, 0.5) is 10.1 Å². The summed E-state index contributed by atoms with van der Waals surface area (Å²) in [5.74, 6) is -1.99. The van der Waals surface area contributed by atoms with Gasteiger partial charge in [-0.2, -0.15) is 0 Å². The van der Waals surface area contributed by atoms with Crippen molar-refractivity contribution in [2.75, 3.05) is 19.0 Å². The summed E-state index contributed by atoms with van der Waals surface area (Å²) in [5.41, 5.74) is 1.80. The molecule has 7 nitrogen and oxygen atoms in total. The van der Waals surface area contributed by atoms with E-state index in [0.29, 0.717) is 23.0 Å². The third kappa shape index (κ3) is 6.26. The maximum atomic E-state index is 14.7. The van der Waals surface area contributed by atoms with Crippen molar-refractivity contribution in [3.8, 4) is 0 Å². The minimum absolute atomic E-state index is 0.0797. The fourth-order valence-corrected chi connectivity index (χ4v) is 5.11. The van der Waals surface area contributed by atoms with Crippen LogP contribution in [0.3, 0.4) is 0 Å². The lowest BCUT2D eigenvalue weighted by atomic mass is 10.0.